The van der Waals surface area contributed by atoms with E-state index in [9.17, 15) is 29.3 Å². The van der Waals surface area contributed by atoms with E-state index in [2.05, 4.69) is 20.8 Å². The summed E-state index contributed by atoms with van der Waals surface area (Å²) in [5, 5.41) is 9.78. The van der Waals surface area contributed by atoms with Crippen molar-refractivity contribution in [2.45, 2.75) is 63.9 Å². The SMILES string of the molecule is C[C@@H](O[Si](C)(C)C(C)(C)C)C1C(=O)N(C(=O)C(=O)OCc2ccc([N+](=O)[O-])cc2)C1SC(=S)Oc1ccc(C(N)=O)cc1. The van der Waals surface area contributed by atoms with E-state index in [1.807, 2.05) is 13.1 Å². The summed E-state index contributed by atoms with van der Waals surface area (Å²) in [5.41, 5.74) is 5.82. The third-order valence-electron chi connectivity index (χ3n) is 7.34. The van der Waals surface area contributed by atoms with E-state index in [1.54, 1.807) is 6.92 Å². The van der Waals surface area contributed by atoms with Crippen molar-refractivity contribution in [2.24, 2.45) is 11.7 Å². The van der Waals surface area contributed by atoms with Crippen LogP contribution in [0.3, 0.4) is 0 Å². The first-order valence-electron chi connectivity index (χ1n) is 13.2. The van der Waals surface area contributed by atoms with Crippen LogP contribution in [0.2, 0.25) is 18.1 Å². The van der Waals surface area contributed by atoms with Gasteiger partial charge in [0.05, 0.1) is 16.9 Å². The van der Waals surface area contributed by atoms with Crippen molar-refractivity contribution in [3.05, 3.63) is 69.8 Å². The molecule has 43 heavy (non-hydrogen) atoms. The fourth-order valence-electron chi connectivity index (χ4n) is 3.90. The number of benzene rings is 2. The Hall–Kier alpha value is -3.66. The molecular weight excluding hydrogens is 615 g/mol. The lowest BCUT2D eigenvalue weighted by Crippen LogP contribution is -2.67. The van der Waals surface area contributed by atoms with Gasteiger partial charge in [-0.1, -0.05) is 20.8 Å². The summed E-state index contributed by atoms with van der Waals surface area (Å²) in [6.07, 6.45) is -0.608. The number of imide groups is 1. The first-order valence-corrected chi connectivity index (χ1v) is 17.4. The second kappa shape index (κ2) is 13.3. The van der Waals surface area contributed by atoms with E-state index in [4.69, 9.17) is 31.9 Å². The zero-order chi connectivity index (χ0) is 32.3. The number of non-ortho nitro benzene ring substituents is 1. The largest absolute Gasteiger partial charge is 0.454 e. The van der Waals surface area contributed by atoms with Crippen LogP contribution in [-0.4, -0.2) is 57.7 Å². The van der Waals surface area contributed by atoms with Crippen LogP contribution in [0, 0.1) is 16.0 Å². The molecule has 0 aliphatic carbocycles. The molecule has 1 fully saturated rings. The number of hydrogen-bond acceptors (Lipinski definition) is 11. The smallest absolute Gasteiger partial charge is 0.397 e. The molecule has 2 unspecified atom stereocenters. The molecule has 1 aliphatic heterocycles. The van der Waals surface area contributed by atoms with E-state index in [1.165, 1.54) is 48.5 Å². The van der Waals surface area contributed by atoms with E-state index < -0.39 is 54.3 Å². The topological polar surface area (TPSA) is 168 Å². The number of nitrogens with zero attached hydrogens (tertiary/aromatic N) is 2. The number of thiocarbonyl (C=S) groups is 1. The Kier molecular flexibility index (Phi) is 10.5. The van der Waals surface area contributed by atoms with Crippen molar-refractivity contribution in [1.82, 2.24) is 4.90 Å². The Labute approximate surface area is 259 Å². The van der Waals surface area contributed by atoms with Crippen LogP contribution in [0.4, 0.5) is 5.69 Å². The molecule has 0 aromatic heterocycles. The van der Waals surface area contributed by atoms with Gasteiger partial charge in [0.25, 0.3) is 5.69 Å². The van der Waals surface area contributed by atoms with Gasteiger partial charge in [-0.3, -0.25) is 29.4 Å². The standard InChI is InChI=1S/C28H33N3O9S2Si/c1-16(40-43(5,6)28(2,3)4)21-23(33)30(24(34)26(35)38-15-17-7-11-19(12-8-17)31(36)37)25(21)42-27(41)39-20-13-9-18(10-14-20)22(29)32/h7-14,16,21,25H,15H2,1-6H3,(H2,29,32)/t16-,21?,25?/m1/s1. The first kappa shape index (κ1) is 33.8. The number of likely N-dealkylation sites (tertiary alicyclic amines) is 1. The number of β-lactam (4-membered cyclic amide) rings is 1. The van der Waals surface area contributed by atoms with Gasteiger partial charge in [0.2, 0.25) is 16.2 Å². The normalized spacial score (nSPS) is 17.4. The maximum absolute atomic E-state index is 13.3. The minimum Gasteiger partial charge on any atom is -0.454 e. The maximum atomic E-state index is 13.3. The number of nitrogens with two attached hydrogens (primary N) is 1. The van der Waals surface area contributed by atoms with Crippen molar-refractivity contribution >= 4 is 66.1 Å². The lowest BCUT2D eigenvalue weighted by Gasteiger charge is -2.49. The van der Waals surface area contributed by atoms with Gasteiger partial charge in [-0.05, 0) is 91.0 Å². The Morgan fingerprint density at radius 2 is 1.70 bits per heavy atom. The lowest BCUT2D eigenvalue weighted by atomic mass is 9.92. The molecule has 2 N–H and O–H groups in total. The van der Waals surface area contributed by atoms with Crippen LogP contribution in [0.5, 0.6) is 5.75 Å². The highest BCUT2D eigenvalue weighted by molar-refractivity contribution is 8.23. The second-order valence-corrected chi connectivity index (χ2v) is 17.8. The Morgan fingerprint density at radius 1 is 1.12 bits per heavy atom. The zero-order valence-corrected chi connectivity index (χ0v) is 27.2. The van der Waals surface area contributed by atoms with Gasteiger partial charge in [0.1, 0.15) is 17.7 Å². The quantitative estimate of drug-likeness (QED) is 0.0771. The van der Waals surface area contributed by atoms with Gasteiger partial charge in [-0.2, -0.15) is 0 Å². The molecule has 15 heteroatoms. The van der Waals surface area contributed by atoms with E-state index >= 15 is 0 Å². The molecule has 0 saturated carbocycles. The van der Waals surface area contributed by atoms with Gasteiger partial charge >= 0.3 is 11.9 Å². The molecule has 1 aliphatic rings. The summed E-state index contributed by atoms with van der Waals surface area (Å²) >= 11 is 6.30. The number of thioether (sulfide) groups is 1. The van der Waals surface area contributed by atoms with Gasteiger partial charge in [0, 0.05) is 17.7 Å². The number of primary amides is 1. The molecule has 0 spiro atoms. The number of nitro benzene ring substituents is 1. The van der Waals surface area contributed by atoms with Gasteiger partial charge in [-0.15, -0.1) is 0 Å². The third-order valence-corrected chi connectivity index (χ3v) is 13.3. The van der Waals surface area contributed by atoms with Crippen LogP contribution in [0.15, 0.2) is 48.5 Å². The highest BCUT2D eigenvalue weighted by Crippen LogP contribution is 2.43. The number of ether oxygens (including phenoxy) is 2. The highest BCUT2D eigenvalue weighted by Gasteiger charge is 2.57. The predicted octanol–water partition coefficient (Wildman–Crippen LogP) is 4.56. The first-order chi connectivity index (χ1) is 19.9. The molecule has 230 valence electrons. The minimum absolute atomic E-state index is 0.0362. The highest BCUT2D eigenvalue weighted by atomic mass is 32.2. The van der Waals surface area contributed by atoms with Crippen LogP contribution >= 0.6 is 24.0 Å². The van der Waals surface area contributed by atoms with E-state index in [0.717, 1.165) is 16.7 Å². The van der Waals surface area contributed by atoms with Crippen LogP contribution in [0.1, 0.15) is 43.6 Å². The molecule has 2 aromatic rings. The van der Waals surface area contributed by atoms with Crippen molar-refractivity contribution in [1.29, 1.82) is 0 Å². The fourth-order valence-corrected chi connectivity index (χ4v) is 6.86. The fraction of sp³-hybridized carbons (Fsp3) is 0.393. The number of esters is 1. The minimum atomic E-state index is -2.32. The number of carbonyl (C=O) groups is 4. The van der Waals surface area contributed by atoms with Crippen LogP contribution in [-0.2, 0) is 30.2 Å². The van der Waals surface area contributed by atoms with Crippen molar-refractivity contribution in [2.75, 3.05) is 0 Å². The number of nitro groups is 1. The predicted molar refractivity (Wildman–Crippen MR) is 166 cm³/mol. The molecule has 3 amide bonds. The number of rotatable bonds is 9. The molecule has 3 atom stereocenters. The maximum Gasteiger partial charge on any atom is 0.397 e. The number of carbonyl (C=O) groups excluding carboxylic acids is 4. The molecule has 0 bridgehead atoms. The monoisotopic (exact) mass is 647 g/mol. The molecule has 1 saturated heterocycles. The summed E-state index contributed by atoms with van der Waals surface area (Å²) in [5.74, 6) is -4.20. The second-order valence-electron chi connectivity index (χ2n) is 11.4. The molecular formula is C28H33N3O9S2Si. The van der Waals surface area contributed by atoms with Gasteiger partial charge in [0.15, 0.2) is 8.32 Å². The average molecular weight is 648 g/mol. The van der Waals surface area contributed by atoms with Gasteiger partial charge in [-0.25, -0.2) is 4.79 Å². The Balaban J connectivity index is 1.77. The summed E-state index contributed by atoms with van der Waals surface area (Å²) in [4.78, 5) is 61.6. The van der Waals surface area contributed by atoms with Crippen molar-refractivity contribution in [3.8, 4) is 5.75 Å². The lowest BCUT2D eigenvalue weighted by molar-refractivity contribution is -0.384. The van der Waals surface area contributed by atoms with Gasteiger partial charge < -0.3 is 19.6 Å². The van der Waals surface area contributed by atoms with E-state index in [0.29, 0.717) is 11.3 Å². The molecule has 1 heterocycles. The van der Waals surface area contributed by atoms with Crippen molar-refractivity contribution in [3.63, 3.8) is 0 Å². The zero-order valence-electron chi connectivity index (χ0n) is 24.5. The summed E-state index contributed by atoms with van der Waals surface area (Å²) in [7, 11) is -2.32. The molecule has 2 aromatic carbocycles. The van der Waals surface area contributed by atoms with Crippen LogP contribution < -0.4 is 10.5 Å². The Bertz CT molecular complexity index is 1430. The number of hydrogen-bond donors (Lipinski definition) is 1. The van der Waals surface area contributed by atoms with Crippen molar-refractivity contribution < 1.29 is 38.0 Å². The average Bonchev–Trinajstić information content (AvgIpc) is 2.91. The van der Waals surface area contributed by atoms with E-state index in [-0.39, 0.29) is 27.3 Å². The Morgan fingerprint density at radius 3 is 2.21 bits per heavy atom. The molecule has 0 radical (unpaired) electrons. The third kappa shape index (κ3) is 8.04. The number of amides is 3. The van der Waals surface area contributed by atoms with Crippen LogP contribution in [0.25, 0.3) is 0 Å². The molecule has 12 nitrogen and oxygen atoms in total. The summed E-state index contributed by atoms with van der Waals surface area (Å²) in [6.45, 7) is 11.7. The summed E-state index contributed by atoms with van der Waals surface area (Å²) < 4.78 is 17.2. The molecule has 3 rings (SSSR count). The summed E-state index contributed by atoms with van der Waals surface area (Å²) in [6, 6.07) is 11.2.